The van der Waals surface area contributed by atoms with E-state index >= 15 is 0 Å². The molecule has 0 aliphatic carbocycles. The number of fused-ring (bicyclic) bond motifs is 1. The maximum absolute atomic E-state index is 11.7. The van der Waals surface area contributed by atoms with Crippen molar-refractivity contribution in [1.29, 1.82) is 0 Å². The third-order valence-corrected chi connectivity index (χ3v) is 3.98. The van der Waals surface area contributed by atoms with Crippen molar-refractivity contribution in [2.75, 3.05) is 13.3 Å². The summed E-state index contributed by atoms with van der Waals surface area (Å²) < 4.78 is 10.6. The van der Waals surface area contributed by atoms with E-state index < -0.39 is 0 Å². The van der Waals surface area contributed by atoms with Gasteiger partial charge < -0.3 is 14.8 Å². The maximum Gasteiger partial charge on any atom is 0.244 e. The van der Waals surface area contributed by atoms with Gasteiger partial charge in [0.15, 0.2) is 11.5 Å². The van der Waals surface area contributed by atoms with E-state index in [2.05, 4.69) is 10.3 Å². The highest BCUT2D eigenvalue weighted by atomic mass is 32.1. The fourth-order valence-corrected chi connectivity index (χ4v) is 2.68. The number of carbonyl (C=O) groups is 1. The van der Waals surface area contributed by atoms with Crippen LogP contribution in [-0.2, 0) is 11.2 Å². The molecule has 1 aliphatic heterocycles. The summed E-state index contributed by atoms with van der Waals surface area (Å²) in [6.45, 7) is 2.78. The van der Waals surface area contributed by atoms with Crippen molar-refractivity contribution in [1.82, 2.24) is 10.3 Å². The smallest absolute Gasteiger partial charge is 0.244 e. The zero-order valence-electron chi connectivity index (χ0n) is 12.2. The summed E-state index contributed by atoms with van der Waals surface area (Å²) >= 11 is 1.56. The molecule has 0 unspecified atom stereocenters. The number of rotatable bonds is 5. The van der Waals surface area contributed by atoms with Crippen molar-refractivity contribution in [3.8, 4) is 11.5 Å². The van der Waals surface area contributed by atoms with E-state index in [1.54, 1.807) is 17.4 Å². The zero-order chi connectivity index (χ0) is 15.4. The fraction of sp³-hybridized carbons (Fsp3) is 0.250. The average Bonchev–Trinajstić information content (AvgIpc) is 3.13. The molecule has 0 fully saturated rings. The van der Waals surface area contributed by atoms with Crippen molar-refractivity contribution < 1.29 is 14.3 Å². The van der Waals surface area contributed by atoms with Crippen LogP contribution in [0.1, 0.15) is 16.3 Å². The first-order valence-electron chi connectivity index (χ1n) is 6.97. The number of nitrogens with one attached hydrogen (secondary N) is 1. The largest absolute Gasteiger partial charge is 0.454 e. The second-order valence-corrected chi connectivity index (χ2v) is 5.92. The van der Waals surface area contributed by atoms with Gasteiger partial charge in [0.2, 0.25) is 12.7 Å². The Hall–Kier alpha value is -2.34. The molecule has 0 saturated heterocycles. The molecule has 114 valence electrons. The van der Waals surface area contributed by atoms with E-state index in [-0.39, 0.29) is 12.7 Å². The summed E-state index contributed by atoms with van der Waals surface area (Å²) in [4.78, 5) is 16.0. The van der Waals surface area contributed by atoms with Gasteiger partial charge in [-0.25, -0.2) is 4.98 Å². The molecule has 1 amide bonds. The highest BCUT2D eigenvalue weighted by Gasteiger charge is 2.12. The van der Waals surface area contributed by atoms with Crippen LogP contribution in [0.3, 0.4) is 0 Å². The summed E-state index contributed by atoms with van der Waals surface area (Å²) in [7, 11) is 0. The molecule has 0 saturated carbocycles. The quantitative estimate of drug-likeness (QED) is 0.861. The number of amides is 1. The first-order chi connectivity index (χ1) is 10.7. The van der Waals surface area contributed by atoms with Gasteiger partial charge in [-0.1, -0.05) is 6.07 Å². The lowest BCUT2D eigenvalue weighted by atomic mass is 10.1. The van der Waals surface area contributed by atoms with Crippen LogP contribution in [0.4, 0.5) is 0 Å². The number of thiazole rings is 1. The van der Waals surface area contributed by atoms with Gasteiger partial charge in [0, 0.05) is 18.0 Å². The monoisotopic (exact) mass is 316 g/mol. The summed E-state index contributed by atoms with van der Waals surface area (Å²) in [5.74, 6) is 1.42. The molecule has 5 nitrogen and oxygen atoms in total. The molecule has 1 aromatic carbocycles. The minimum atomic E-state index is -0.119. The minimum Gasteiger partial charge on any atom is -0.454 e. The summed E-state index contributed by atoms with van der Waals surface area (Å²) in [6.07, 6.45) is 3.97. The van der Waals surface area contributed by atoms with E-state index in [1.165, 1.54) is 6.08 Å². The molecule has 22 heavy (non-hydrogen) atoms. The van der Waals surface area contributed by atoms with Gasteiger partial charge in [0.05, 0.1) is 10.7 Å². The number of nitrogens with zero attached hydrogens (tertiary/aromatic N) is 1. The van der Waals surface area contributed by atoms with E-state index in [0.717, 1.165) is 34.2 Å². The third-order valence-electron chi connectivity index (χ3n) is 3.19. The molecule has 0 atom stereocenters. The molecule has 1 N–H and O–H groups in total. The van der Waals surface area contributed by atoms with Crippen molar-refractivity contribution in [2.45, 2.75) is 13.3 Å². The van der Waals surface area contributed by atoms with Crippen LogP contribution < -0.4 is 14.8 Å². The molecule has 2 heterocycles. The highest BCUT2D eigenvalue weighted by molar-refractivity contribution is 7.09. The lowest BCUT2D eigenvalue weighted by molar-refractivity contribution is -0.116. The van der Waals surface area contributed by atoms with Crippen LogP contribution in [0.25, 0.3) is 6.08 Å². The van der Waals surface area contributed by atoms with E-state index in [1.807, 2.05) is 30.5 Å². The summed E-state index contributed by atoms with van der Waals surface area (Å²) in [5, 5.41) is 5.76. The van der Waals surface area contributed by atoms with E-state index in [4.69, 9.17) is 9.47 Å². The van der Waals surface area contributed by atoms with Gasteiger partial charge >= 0.3 is 0 Å². The lowest BCUT2D eigenvalue weighted by Gasteiger charge is -2.04. The number of ether oxygens (including phenoxy) is 2. The molecule has 0 radical (unpaired) electrons. The van der Waals surface area contributed by atoms with Crippen LogP contribution in [0.15, 0.2) is 29.7 Å². The minimum absolute atomic E-state index is 0.119. The van der Waals surface area contributed by atoms with Gasteiger partial charge in [-0.15, -0.1) is 11.3 Å². The predicted molar refractivity (Wildman–Crippen MR) is 85.2 cm³/mol. The van der Waals surface area contributed by atoms with Gasteiger partial charge in [0.25, 0.3) is 0 Å². The van der Waals surface area contributed by atoms with E-state index in [9.17, 15) is 4.79 Å². The van der Waals surface area contributed by atoms with Crippen LogP contribution in [-0.4, -0.2) is 24.2 Å². The molecule has 1 aromatic heterocycles. The van der Waals surface area contributed by atoms with Crippen molar-refractivity contribution in [3.05, 3.63) is 45.9 Å². The van der Waals surface area contributed by atoms with Crippen molar-refractivity contribution >= 4 is 23.3 Å². The van der Waals surface area contributed by atoms with Gasteiger partial charge in [-0.05, 0) is 37.1 Å². The summed E-state index contributed by atoms with van der Waals surface area (Å²) in [6, 6.07) is 5.82. The van der Waals surface area contributed by atoms with Crippen LogP contribution in [0, 0.1) is 6.92 Å². The first kappa shape index (κ1) is 14.6. The fourth-order valence-electron chi connectivity index (χ4n) is 2.10. The Morgan fingerprint density at radius 1 is 1.41 bits per heavy atom. The predicted octanol–water partition coefficient (Wildman–Crippen LogP) is 2.55. The molecular formula is C16H16N2O3S. The van der Waals surface area contributed by atoms with Gasteiger partial charge in [0.1, 0.15) is 0 Å². The van der Waals surface area contributed by atoms with Crippen LogP contribution >= 0.6 is 11.3 Å². The Bertz CT molecular complexity index is 709. The Morgan fingerprint density at radius 3 is 3.09 bits per heavy atom. The standard InChI is InChI=1S/C16H16N2O3S/c1-11-18-13(9-22-11)3-5-16(19)17-7-6-12-2-4-14-15(8-12)21-10-20-14/h2-5,8-9H,6-7,10H2,1H3,(H,17,19)/b5-3+. The highest BCUT2D eigenvalue weighted by Crippen LogP contribution is 2.32. The van der Waals surface area contributed by atoms with Crippen LogP contribution in [0.2, 0.25) is 0 Å². The zero-order valence-corrected chi connectivity index (χ0v) is 13.0. The van der Waals surface area contributed by atoms with Crippen molar-refractivity contribution in [2.24, 2.45) is 0 Å². The number of carbonyl (C=O) groups excluding carboxylic acids is 1. The Kier molecular flexibility index (Phi) is 4.39. The summed E-state index contributed by atoms with van der Waals surface area (Å²) in [5.41, 5.74) is 1.91. The first-order valence-corrected chi connectivity index (χ1v) is 7.85. The average molecular weight is 316 g/mol. The number of aryl methyl sites for hydroxylation is 1. The van der Waals surface area contributed by atoms with E-state index in [0.29, 0.717) is 6.54 Å². The Labute approximate surface area is 132 Å². The lowest BCUT2D eigenvalue weighted by Crippen LogP contribution is -2.23. The third kappa shape index (κ3) is 3.65. The Balaban J connectivity index is 1.46. The molecule has 0 spiro atoms. The topological polar surface area (TPSA) is 60.5 Å². The second kappa shape index (κ2) is 6.62. The van der Waals surface area contributed by atoms with Crippen molar-refractivity contribution in [3.63, 3.8) is 0 Å². The number of hydrogen-bond donors (Lipinski definition) is 1. The molecule has 1 aliphatic rings. The molecular weight excluding hydrogens is 300 g/mol. The molecule has 0 bridgehead atoms. The van der Waals surface area contributed by atoms with Gasteiger partial charge in [-0.2, -0.15) is 0 Å². The number of benzene rings is 1. The van der Waals surface area contributed by atoms with Gasteiger partial charge in [-0.3, -0.25) is 4.79 Å². The molecule has 2 aromatic rings. The second-order valence-electron chi connectivity index (χ2n) is 4.85. The van der Waals surface area contributed by atoms with Crippen LogP contribution in [0.5, 0.6) is 11.5 Å². The normalized spacial score (nSPS) is 12.8. The number of hydrogen-bond acceptors (Lipinski definition) is 5. The molecule has 3 rings (SSSR count). The SMILES string of the molecule is Cc1nc(/C=C/C(=O)NCCc2ccc3c(c2)OCO3)cs1. The maximum atomic E-state index is 11.7. The molecule has 6 heteroatoms. The Morgan fingerprint density at radius 2 is 2.27 bits per heavy atom. The number of aromatic nitrogens is 1.